The van der Waals surface area contributed by atoms with E-state index in [0.717, 1.165) is 16.7 Å². The zero-order chi connectivity index (χ0) is 37.2. The molecule has 1 aromatic heterocycles. The number of amides is 2. The summed E-state index contributed by atoms with van der Waals surface area (Å²) in [6, 6.07) is 12.9. The number of nitrogens with two attached hydrogens (primary N) is 1. The Bertz CT molecular complexity index is 1990. The van der Waals surface area contributed by atoms with Crippen LogP contribution in [0.3, 0.4) is 0 Å². The number of halogens is 2. The number of benzene rings is 2. The number of ether oxygens (including phenoxy) is 1. The molecule has 2 saturated heterocycles. The minimum absolute atomic E-state index is 0.0126. The molecule has 1 spiro atoms. The quantitative estimate of drug-likeness (QED) is 0.225. The fraction of sp³-hybridized carbons (Fsp3) is 0.385. The number of hydrogen-bond donors (Lipinski definition) is 2. The zero-order valence-corrected chi connectivity index (χ0v) is 30.0. The Morgan fingerprint density at radius 3 is 2.58 bits per heavy atom. The van der Waals surface area contributed by atoms with Crippen molar-refractivity contribution in [3.63, 3.8) is 0 Å². The summed E-state index contributed by atoms with van der Waals surface area (Å²) in [4.78, 5) is 45.2. The highest BCUT2D eigenvalue weighted by atomic mass is 19.1. The molecule has 3 N–H and O–H groups in total. The largest absolute Gasteiger partial charge is 0.488 e. The number of aryl methyl sites for hydroxylation is 1. The van der Waals surface area contributed by atoms with Gasteiger partial charge in [0.1, 0.15) is 23.8 Å². The smallest absolute Gasteiger partial charge is 0.237 e. The first-order chi connectivity index (χ1) is 24.9. The van der Waals surface area contributed by atoms with E-state index < -0.39 is 17.0 Å². The van der Waals surface area contributed by atoms with E-state index in [1.165, 1.54) is 24.5 Å². The average molecular weight is 711 g/mol. The normalized spacial score (nSPS) is 19.7. The van der Waals surface area contributed by atoms with Gasteiger partial charge in [-0.15, -0.1) is 0 Å². The molecule has 0 aliphatic carbocycles. The standard InChI is InChI=1S/C39H44F2N8O3/c1-24(2)52-32-9-7-28(20-31(32)41)35(42)36-25(3)5-10-33(46-36)49-18-14-39(38(49)51)13-17-47(22-39)21-34(50)48-15-11-26(12-16-48)27-6-8-29(30(40)19-27)37(43)45-23-44-4/h5-11,19-20,23-24,42H,12-18,21-22H2,1-4H3,(H2,43,44,45)/t39-/m0/s1. The first-order valence-electron chi connectivity index (χ1n) is 17.5. The van der Waals surface area contributed by atoms with Crippen LogP contribution in [0.4, 0.5) is 14.6 Å². The lowest BCUT2D eigenvalue weighted by atomic mass is 9.85. The summed E-state index contributed by atoms with van der Waals surface area (Å²) < 4.78 is 35.1. The molecule has 52 heavy (non-hydrogen) atoms. The predicted octanol–water partition coefficient (Wildman–Crippen LogP) is 4.98. The van der Waals surface area contributed by atoms with Crippen molar-refractivity contribution in [2.75, 3.05) is 51.2 Å². The molecule has 0 saturated carbocycles. The molecule has 1 atom stereocenters. The van der Waals surface area contributed by atoms with Gasteiger partial charge in [-0.3, -0.25) is 29.8 Å². The van der Waals surface area contributed by atoms with Crippen LogP contribution in [0.2, 0.25) is 0 Å². The van der Waals surface area contributed by atoms with Gasteiger partial charge in [0.2, 0.25) is 11.8 Å². The Morgan fingerprint density at radius 2 is 1.88 bits per heavy atom. The Morgan fingerprint density at radius 1 is 1.10 bits per heavy atom. The monoisotopic (exact) mass is 710 g/mol. The van der Waals surface area contributed by atoms with E-state index in [2.05, 4.69) is 14.9 Å². The SMILES string of the molecule is CN=CN=C(N)c1ccc(C2=CCN(C(=O)CN3CC[C@]4(CCN(c5ccc(C)c(C(=N)c6ccc(OC(C)C)c(F)c6)n5)C4=O)C3)CC2)cc1F. The molecule has 2 fully saturated rings. The molecule has 3 aromatic rings. The number of anilines is 1. The number of carbonyl (C=O) groups excluding carboxylic acids is 2. The summed E-state index contributed by atoms with van der Waals surface area (Å²) >= 11 is 0. The van der Waals surface area contributed by atoms with Gasteiger partial charge < -0.3 is 15.4 Å². The second kappa shape index (κ2) is 15.1. The Kier molecular flexibility index (Phi) is 10.6. The van der Waals surface area contributed by atoms with Crippen LogP contribution < -0.4 is 15.4 Å². The summed E-state index contributed by atoms with van der Waals surface area (Å²) in [5.74, 6) is -0.448. The van der Waals surface area contributed by atoms with Crippen LogP contribution in [0.5, 0.6) is 5.75 Å². The molecule has 0 unspecified atom stereocenters. The molecule has 2 amide bonds. The molecular weight excluding hydrogens is 666 g/mol. The summed E-state index contributed by atoms with van der Waals surface area (Å²) in [7, 11) is 1.55. The maximum absolute atomic E-state index is 14.8. The van der Waals surface area contributed by atoms with Crippen molar-refractivity contribution in [2.45, 2.75) is 46.1 Å². The third kappa shape index (κ3) is 7.50. The maximum atomic E-state index is 14.8. The molecule has 11 nitrogen and oxygen atoms in total. The summed E-state index contributed by atoms with van der Waals surface area (Å²) in [6.07, 6.45) is 4.90. The van der Waals surface area contributed by atoms with Gasteiger partial charge in [-0.05, 0) is 99.7 Å². The predicted molar refractivity (Wildman–Crippen MR) is 198 cm³/mol. The van der Waals surface area contributed by atoms with Crippen molar-refractivity contribution in [1.29, 1.82) is 5.41 Å². The number of carbonyl (C=O) groups is 2. The number of aromatic nitrogens is 1. The van der Waals surface area contributed by atoms with Gasteiger partial charge in [-0.25, -0.2) is 18.8 Å². The molecule has 0 radical (unpaired) electrons. The minimum Gasteiger partial charge on any atom is -0.488 e. The summed E-state index contributed by atoms with van der Waals surface area (Å²) in [6.45, 7) is 8.18. The van der Waals surface area contributed by atoms with Crippen molar-refractivity contribution in [2.24, 2.45) is 21.1 Å². The van der Waals surface area contributed by atoms with Crippen LogP contribution in [0.25, 0.3) is 5.57 Å². The number of likely N-dealkylation sites (tertiary alicyclic amines) is 1. The number of aliphatic imine (C=N–C) groups is 2. The molecule has 0 bridgehead atoms. The number of rotatable bonds is 10. The Balaban J connectivity index is 1.07. The van der Waals surface area contributed by atoms with Gasteiger partial charge >= 0.3 is 0 Å². The summed E-state index contributed by atoms with van der Waals surface area (Å²) in [5.41, 5.74) is 8.70. The molecule has 272 valence electrons. The molecule has 4 heterocycles. The molecule has 6 rings (SSSR count). The van der Waals surface area contributed by atoms with Crippen molar-refractivity contribution in [1.82, 2.24) is 14.8 Å². The van der Waals surface area contributed by atoms with E-state index in [0.29, 0.717) is 69.1 Å². The number of hydrogen-bond acceptors (Lipinski definition) is 7. The van der Waals surface area contributed by atoms with E-state index in [4.69, 9.17) is 20.9 Å². The van der Waals surface area contributed by atoms with Crippen molar-refractivity contribution < 1.29 is 23.1 Å². The van der Waals surface area contributed by atoms with Gasteiger partial charge in [0, 0.05) is 38.8 Å². The second-order valence-corrected chi connectivity index (χ2v) is 13.9. The fourth-order valence-electron chi connectivity index (χ4n) is 7.14. The molecular formula is C39H44F2N8O3. The highest BCUT2D eigenvalue weighted by molar-refractivity contribution is 6.11. The molecule has 3 aliphatic rings. The topological polar surface area (TPSA) is 141 Å². The second-order valence-electron chi connectivity index (χ2n) is 13.9. The minimum atomic E-state index is -0.613. The number of nitrogens with zero attached hydrogens (tertiary/aromatic N) is 6. The van der Waals surface area contributed by atoms with E-state index in [9.17, 15) is 18.4 Å². The van der Waals surface area contributed by atoms with E-state index in [-0.39, 0.29) is 47.3 Å². The van der Waals surface area contributed by atoms with E-state index in [1.54, 1.807) is 41.1 Å². The van der Waals surface area contributed by atoms with Crippen molar-refractivity contribution in [3.8, 4) is 5.75 Å². The van der Waals surface area contributed by atoms with Gasteiger partial charge in [-0.2, -0.15) is 0 Å². The van der Waals surface area contributed by atoms with Crippen LogP contribution in [0.15, 0.2) is 64.6 Å². The average Bonchev–Trinajstić information content (AvgIpc) is 3.69. The fourth-order valence-corrected chi connectivity index (χ4v) is 7.14. The Labute approximate surface area is 302 Å². The molecule has 3 aliphatic heterocycles. The van der Waals surface area contributed by atoms with Crippen molar-refractivity contribution in [3.05, 3.63) is 94.2 Å². The van der Waals surface area contributed by atoms with E-state index in [1.807, 2.05) is 32.9 Å². The van der Waals surface area contributed by atoms with Gasteiger partial charge in [0.25, 0.3) is 0 Å². The van der Waals surface area contributed by atoms with Crippen LogP contribution in [0.1, 0.15) is 61.1 Å². The van der Waals surface area contributed by atoms with Crippen LogP contribution in [-0.2, 0) is 9.59 Å². The van der Waals surface area contributed by atoms with Gasteiger partial charge in [-0.1, -0.05) is 18.2 Å². The maximum Gasteiger partial charge on any atom is 0.237 e. The van der Waals surface area contributed by atoms with Crippen LogP contribution in [-0.4, -0.2) is 96.9 Å². The third-order valence-corrected chi connectivity index (χ3v) is 9.97. The van der Waals surface area contributed by atoms with Crippen LogP contribution >= 0.6 is 0 Å². The zero-order valence-electron chi connectivity index (χ0n) is 30.0. The Hall–Kier alpha value is -5.30. The lowest BCUT2D eigenvalue weighted by molar-refractivity contribution is -0.132. The first kappa shape index (κ1) is 36.5. The van der Waals surface area contributed by atoms with Gasteiger partial charge in [0.05, 0.1) is 35.0 Å². The lowest BCUT2D eigenvalue weighted by Gasteiger charge is -2.29. The lowest BCUT2D eigenvalue weighted by Crippen LogP contribution is -2.43. The number of amidine groups is 1. The highest BCUT2D eigenvalue weighted by Crippen LogP contribution is 2.42. The number of nitrogens with one attached hydrogen (secondary N) is 1. The summed E-state index contributed by atoms with van der Waals surface area (Å²) in [5, 5.41) is 8.83. The third-order valence-electron chi connectivity index (χ3n) is 9.97. The van der Waals surface area contributed by atoms with E-state index >= 15 is 0 Å². The molecule has 2 aromatic carbocycles. The van der Waals surface area contributed by atoms with Crippen LogP contribution in [0, 0.1) is 29.4 Å². The highest BCUT2D eigenvalue weighted by Gasteiger charge is 2.51. The first-order valence-corrected chi connectivity index (χ1v) is 17.5. The number of pyridine rings is 1. The van der Waals surface area contributed by atoms with Gasteiger partial charge in [0.15, 0.2) is 11.6 Å². The van der Waals surface area contributed by atoms with Crippen molar-refractivity contribution >= 4 is 41.1 Å². The molecule has 13 heteroatoms.